The Morgan fingerprint density at radius 2 is 2.12 bits per heavy atom. The lowest BCUT2D eigenvalue weighted by Gasteiger charge is -2.20. The van der Waals surface area contributed by atoms with Gasteiger partial charge in [-0.3, -0.25) is 10.0 Å². The minimum Gasteiger partial charge on any atom is -0.360 e. The maximum Gasteiger partial charge on any atom is 0.416 e. The van der Waals surface area contributed by atoms with E-state index < -0.39 is 17.6 Å². The third-order valence-corrected chi connectivity index (χ3v) is 4.33. The number of likely N-dealkylation sites (tertiary alicyclic amines) is 1. The van der Waals surface area contributed by atoms with Gasteiger partial charge in [-0.05, 0) is 25.0 Å². The molecular formula is C18H20F3N3O2. The molecule has 1 atom stereocenters. The Morgan fingerprint density at radius 3 is 2.73 bits per heavy atom. The molecule has 0 saturated carbocycles. The zero-order valence-electron chi connectivity index (χ0n) is 14.3. The van der Waals surface area contributed by atoms with Gasteiger partial charge in [0.1, 0.15) is 5.84 Å². The van der Waals surface area contributed by atoms with Crippen LogP contribution in [0.3, 0.4) is 0 Å². The summed E-state index contributed by atoms with van der Waals surface area (Å²) in [6.07, 6.45) is -1.30. The highest BCUT2D eigenvalue weighted by Gasteiger charge is 2.36. The fourth-order valence-electron chi connectivity index (χ4n) is 2.93. The molecule has 1 aromatic rings. The topological polar surface area (TPSA) is 64.9 Å². The quantitative estimate of drug-likeness (QED) is 0.214. The molecule has 1 heterocycles. The molecule has 1 aliphatic rings. The number of halogens is 3. The van der Waals surface area contributed by atoms with Gasteiger partial charge in [-0.15, -0.1) is 0 Å². The predicted octanol–water partition coefficient (Wildman–Crippen LogP) is 3.49. The molecule has 0 radical (unpaired) electrons. The standard InChI is InChI=1S/C18H20F3N3O2/c1-3-13(17(25)23-26)10-22-12(2)24-9-8-14(11-24)15-6-4-5-7-16(15)18(19,20)21/h3-7,10,14,26H,1,8-9,11H2,2H3,(H,23,25)/b13-10+,22-12?/t14-/m0/s1. The van der Waals surface area contributed by atoms with Crippen molar-refractivity contribution in [2.75, 3.05) is 13.1 Å². The first-order chi connectivity index (χ1) is 12.3. The van der Waals surface area contributed by atoms with Crippen molar-refractivity contribution < 1.29 is 23.2 Å². The average Bonchev–Trinajstić information content (AvgIpc) is 3.11. The number of hydroxylamine groups is 1. The second kappa shape index (κ2) is 8.18. The van der Waals surface area contributed by atoms with Gasteiger partial charge in [0.15, 0.2) is 0 Å². The number of hydrogen-bond acceptors (Lipinski definition) is 3. The lowest BCUT2D eigenvalue weighted by Crippen LogP contribution is -2.26. The largest absolute Gasteiger partial charge is 0.416 e. The molecule has 0 aliphatic carbocycles. The molecule has 140 valence electrons. The van der Waals surface area contributed by atoms with Crippen molar-refractivity contribution in [1.82, 2.24) is 10.4 Å². The van der Waals surface area contributed by atoms with Crippen LogP contribution in [0, 0.1) is 0 Å². The summed E-state index contributed by atoms with van der Waals surface area (Å²) >= 11 is 0. The van der Waals surface area contributed by atoms with Gasteiger partial charge in [0.25, 0.3) is 5.91 Å². The summed E-state index contributed by atoms with van der Waals surface area (Å²) in [7, 11) is 0. The number of nitrogens with one attached hydrogen (secondary N) is 1. The lowest BCUT2D eigenvalue weighted by atomic mass is 9.93. The lowest BCUT2D eigenvalue weighted by molar-refractivity contribution is -0.138. The van der Waals surface area contributed by atoms with Gasteiger partial charge in [-0.2, -0.15) is 13.2 Å². The van der Waals surface area contributed by atoms with Gasteiger partial charge in [0, 0.05) is 25.2 Å². The first kappa shape index (κ1) is 19.7. The molecule has 0 aromatic heterocycles. The maximum absolute atomic E-state index is 13.2. The molecule has 5 nitrogen and oxygen atoms in total. The van der Waals surface area contributed by atoms with Crippen molar-refractivity contribution >= 4 is 11.7 Å². The predicted molar refractivity (Wildman–Crippen MR) is 91.7 cm³/mol. The zero-order valence-corrected chi connectivity index (χ0v) is 14.3. The van der Waals surface area contributed by atoms with E-state index in [0.29, 0.717) is 25.3 Å². The van der Waals surface area contributed by atoms with Crippen molar-refractivity contribution in [2.24, 2.45) is 4.99 Å². The van der Waals surface area contributed by atoms with Crippen LogP contribution >= 0.6 is 0 Å². The van der Waals surface area contributed by atoms with E-state index >= 15 is 0 Å². The average molecular weight is 367 g/mol. The van der Waals surface area contributed by atoms with E-state index in [1.165, 1.54) is 29.9 Å². The van der Waals surface area contributed by atoms with Crippen LogP contribution < -0.4 is 5.48 Å². The highest BCUT2D eigenvalue weighted by Crippen LogP contribution is 2.38. The normalized spacial score (nSPS) is 18.8. The van der Waals surface area contributed by atoms with Crippen LogP contribution in [0.25, 0.3) is 0 Å². The van der Waals surface area contributed by atoms with E-state index in [4.69, 9.17) is 5.21 Å². The van der Waals surface area contributed by atoms with E-state index in [1.807, 2.05) is 4.90 Å². The summed E-state index contributed by atoms with van der Waals surface area (Å²) in [6, 6.07) is 5.62. The summed E-state index contributed by atoms with van der Waals surface area (Å²) in [5.41, 5.74) is 1.25. The van der Waals surface area contributed by atoms with Gasteiger partial charge in [-0.1, -0.05) is 30.9 Å². The second-order valence-electron chi connectivity index (χ2n) is 5.92. The second-order valence-corrected chi connectivity index (χ2v) is 5.92. The molecule has 1 aliphatic heterocycles. The van der Waals surface area contributed by atoms with Gasteiger partial charge in [0.2, 0.25) is 0 Å². The Morgan fingerprint density at radius 1 is 1.42 bits per heavy atom. The van der Waals surface area contributed by atoms with Gasteiger partial charge >= 0.3 is 6.18 Å². The van der Waals surface area contributed by atoms with E-state index in [9.17, 15) is 18.0 Å². The number of rotatable bonds is 4. The monoisotopic (exact) mass is 367 g/mol. The van der Waals surface area contributed by atoms with Crippen LogP contribution in [0.4, 0.5) is 13.2 Å². The first-order valence-corrected chi connectivity index (χ1v) is 8.00. The van der Waals surface area contributed by atoms with Crippen molar-refractivity contribution in [1.29, 1.82) is 0 Å². The van der Waals surface area contributed by atoms with E-state index in [0.717, 1.165) is 6.07 Å². The van der Waals surface area contributed by atoms with Crippen LogP contribution in [-0.2, 0) is 11.0 Å². The molecule has 1 aromatic carbocycles. The fourth-order valence-corrected chi connectivity index (χ4v) is 2.93. The number of carbonyl (C=O) groups is 1. The number of aliphatic imine (C=N–C) groups is 1. The minimum atomic E-state index is -4.38. The SMILES string of the molecule is C=C/C(=C\N=C(C)N1CC[C@H](c2ccccc2C(F)(F)F)C1)C(=O)NO. The summed E-state index contributed by atoms with van der Waals surface area (Å²) in [6.45, 7) is 6.15. The summed E-state index contributed by atoms with van der Waals surface area (Å²) in [5.74, 6) is -0.418. The number of alkyl halides is 3. The Balaban J connectivity index is 2.16. The van der Waals surface area contributed by atoms with Crippen molar-refractivity contribution in [3.05, 3.63) is 59.8 Å². The Bertz CT molecular complexity index is 741. The molecule has 0 unspecified atom stereocenters. The maximum atomic E-state index is 13.2. The van der Waals surface area contributed by atoms with E-state index in [1.54, 1.807) is 13.0 Å². The Hall–Kier alpha value is -2.61. The van der Waals surface area contributed by atoms with Gasteiger partial charge in [0.05, 0.1) is 11.1 Å². The molecule has 2 rings (SSSR count). The smallest absolute Gasteiger partial charge is 0.360 e. The number of nitrogens with zero attached hydrogens (tertiary/aromatic N) is 2. The van der Waals surface area contributed by atoms with Crippen LogP contribution in [-0.4, -0.2) is 34.9 Å². The summed E-state index contributed by atoms with van der Waals surface area (Å²) < 4.78 is 39.6. The molecule has 8 heteroatoms. The summed E-state index contributed by atoms with van der Waals surface area (Å²) in [5, 5.41) is 8.63. The van der Waals surface area contributed by atoms with Crippen LogP contribution in [0.5, 0.6) is 0 Å². The van der Waals surface area contributed by atoms with E-state index in [-0.39, 0.29) is 17.1 Å². The number of benzene rings is 1. The number of amides is 1. The third kappa shape index (κ3) is 4.51. The van der Waals surface area contributed by atoms with Gasteiger partial charge in [-0.25, -0.2) is 10.5 Å². The van der Waals surface area contributed by atoms with Crippen LogP contribution in [0.15, 0.2) is 53.7 Å². The minimum absolute atomic E-state index is 0.0741. The number of carbonyl (C=O) groups excluding carboxylic acids is 1. The fraction of sp³-hybridized carbons (Fsp3) is 0.333. The Labute approximate surface area is 149 Å². The van der Waals surface area contributed by atoms with Crippen LogP contribution in [0.2, 0.25) is 0 Å². The van der Waals surface area contributed by atoms with Crippen molar-refractivity contribution in [3.8, 4) is 0 Å². The third-order valence-electron chi connectivity index (χ3n) is 4.33. The van der Waals surface area contributed by atoms with Crippen molar-refractivity contribution in [2.45, 2.75) is 25.4 Å². The molecule has 1 saturated heterocycles. The molecule has 1 fully saturated rings. The zero-order chi connectivity index (χ0) is 19.3. The van der Waals surface area contributed by atoms with E-state index in [2.05, 4.69) is 11.6 Å². The van der Waals surface area contributed by atoms with Crippen LogP contribution in [0.1, 0.15) is 30.4 Å². The highest BCUT2D eigenvalue weighted by molar-refractivity contribution is 5.95. The number of amidine groups is 1. The van der Waals surface area contributed by atoms with Crippen molar-refractivity contribution in [3.63, 3.8) is 0 Å². The highest BCUT2D eigenvalue weighted by atomic mass is 19.4. The molecule has 2 N–H and O–H groups in total. The molecule has 1 amide bonds. The molecule has 0 spiro atoms. The molecule has 26 heavy (non-hydrogen) atoms. The number of hydrogen-bond donors (Lipinski definition) is 2. The first-order valence-electron chi connectivity index (χ1n) is 8.00. The van der Waals surface area contributed by atoms with Gasteiger partial charge < -0.3 is 4.90 Å². The molecule has 0 bridgehead atoms. The Kier molecular flexibility index (Phi) is 6.20. The summed E-state index contributed by atoms with van der Waals surface area (Å²) in [4.78, 5) is 17.4. The molecular weight excluding hydrogens is 347 g/mol.